The van der Waals surface area contributed by atoms with Crippen LogP contribution in [-0.2, 0) is 9.53 Å². The summed E-state index contributed by atoms with van der Waals surface area (Å²) in [6.45, 7) is 0.179. The number of rotatable bonds is 1. The first-order valence-electron chi connectivity index (χ1n) is 4.60. The molecule has 0 bridgehead atoms. The number of carbonyl (C=O) groups excluding carboxylic acids is 1. The summed E-state index contributed by atoms with van der Waals surface area (Å²) in [5, 5.41) is 2.59. The lowest BCUT2D eigenvalue weighted by Gasteiger charge is -2.24. The highest BCUT2D eigenvalue weighted by atomic mass is 79.9. The maximum atomic E-state index is 13.1. The number of benzene rings is 1. The Morgan fingerprint density at radius 3 is 2.69 bits per heavy atom. The van der Waals surface area contributed by atoms with Crippen LogP contribution in [0.5, 0.6) is 0 Å². The van der Waals surface area contributed by atoms with Gasteiger partial charge < -0.3 is 10.1 Å². The van der Waals surface area contributed by atoms with Crippen molar-refractivity contribution in [2.45, 2.75) is 6.10 Å². The molecule has 0 saturated carbocycles. The SMILES string of the molecule is O=C1CO[C@H](c2cc(F)c(F)cc2Br)CN1. The second-order valence-electron chi connectivity index (χ2n) is 3.39. The molecule has 1 aliphatic heterocycles. The average molecular weight is 292 g/mol. The Labute approximate surface area is 98.9 Å². The number of ether oxygens (including phenoxy) is 1. The summed E-state index contributed by atoms with van der Waals surface area (Å²) in [7, 11) is 0. The largest absolute Gasteiger partial charge is 0.362 e. The number of nitrogens with one attached hydrogen (secondary N) is 1. The smallest absolute Gasteiger partial charge is 0.246 e. The van der Waals surface area contributed by atoms with Crippen LogP contribution in [0, 0.1) is 11.6 Å². The molecule has 1 aromatic rings. The molecule has 0 unspecified atom stereocenters. The molecule has 1 aliphatic rings. The highest BCUT2D eigenvalue weighted by Gasteiger charge is 2.23. The lowest BCUT2D eigenvalue weighted by Crippen LogP contribution is -2.38. The topological polar surface area (TPSA) is 38.3 Å². The van der Waals surface area contributed by atoms with Crippen LogP contribution in [0.1, 0.15) is 11.7 Å². The van der Waals surface area contributed by atoms with Crippen molar-refractivity contribution in [1.82, 2.24) is 5.32 Å². The Hall–Kier alpha value is -1.01. The zero-order valence-corrected chi connectivity index (χ0v) is 9.68. The van der Waals surface area contributed by atoms with E-state index in [4.69, 9.17) is 4.74 Å². The molecule has 16 heavy (non-hydrogen) atoms. The van der Waals surface area contributed by atoms with Gasteiger partial charge in [0.1, 0.15) is 12.7 Å². The third-order valence-corrected chi connectivity index (χ3v) is 2.97. The Bertz CT molecular complexity index is 429. The molecule has 86 valence electrons. The number of hydrogen-bond donors (Lipinski definition) is 1. The molecule has 1 atom stereocenters. The van der Waals surface area contributed by atoms with E-state index in [0.717, 1.165) is 12.1 Å². The number of carbonyl (C=O) groups is 1. The van der Waals surface area contributed by atoms with E-state index < -0.39 is 17.7 Å². The molecule has 1 fully saturated rings. The van der Waals surface area contributed by atoms with Gasteiger partial charge in [0.05, 0.1) is 0 Å². The summed E-state index contributed by atoms with van der Waals surface area (Å²) in [4.78, 5) is 10.9. The van der Waals surface area contributed by atoms with Crippen LogP contribution in [-0.4, -0.2) is 19.1 Å². The highest BCUT2D eigenvalue weighted by Crippen LogP contribution is 2.29. The molecule has 1 N–H and O–H groups in total. The van der Waals surface area contributed by atoms with Crippen LogP contribution < -0.4 is 5.32 Å². The van der Waals surface area contributed by atoms with Gasteiger partial charge in [0, 0.05) is 11.0 Å². The number of hydrogen-bond acceptors (Lipinski definition) is 2. The Balaban J connectivity index is 2.26. The fourth-order valence-electron chi connectivity index (χ4n) is 1.48. The molecule has 0 radical (unpaired) electrons. The van der Waals surface area contributed by atoms with Gasteiger partial charge in [0.25, 0.3) is 0 Å². The number of halogens is 3. The van der Waals surface area contributed by atoms with Gasteiger partial charge in [0.15, 0.2) is 11.6 Å². The van der Waals surface area contributed by atoms with Gasteiger partial charge >= 0.3 is 0 Å². The Morgan fingerprint density at radius 1 is 1.38 bits per heavy atom. The molecule has 6 heteroatoms. The van der Waals surface area contributed by atoms with Crippen molar-refractivity contribution in [2.75, 3.05) is 13.2 Å². The molecule has 1 heterocycles. The van der Waals surface area contributed by atoms with Crippen molar-refractivity contribution < 1.29 is 18.3 Å². The third kappa shape index (κ3) is 2.22. The molecule has 1 aromatic carbocycles. The molecular weight excluding hydrogens is 284 g/mol. The molecule has 1 amide bonds. The second-order valence-corrected chi connectivity index (χ2v) is 4.25. The van der Waals surface area contributed by atoms with Crippen molar-refractivity contribution in [2.24, 2.45) is 0 Å². The summed E-state index contributed by atoms with van der Waals surface area (Å²) in [5.74, 6) is -2.07. The lowest BCUT2D eigenvalue weighted by atomic mass is 10.1. The maximum absolute atomic E-state index is 13.1. The summed E-state index contributed by atoms with van der Waals surface area (Å²) in [6.07, 6.45) is -0.456. The second kappa shape index (κ2) is 4.47. The van der Waals surface area contributed by atoms with Crippen LogP contribution in [0.3, 0.4) is 0 Å². The highest BCUT2D eigenvalue weighted by molar-refractivity contribution is 9.10. The van der Waals surface area contributed by atoms with Crippen molar-refractivity contribution in [3.05, 3.63) is 33.8 Å². The van der Waals surface area contributed by atoms with E-state index in [1.165, 1.54) is 0 Å². The summed E-state index contributed by atoms with van der Waals surface area (Å²) < 4.78 is 31.6. The molecule has 0 aliphatic carbocycles. The standard InChI is InChI=1S/C10H8BrF2NO2/c11-6-2-8(13)7(12)1-5(6)9-3-14-10(15)4-16-9/h1-2,9H,3-4H2,(H,14,15)/t9-/m0/s1. The van der Waals surface area contributed by atoms with Gasteiger partial charge in [-0.15, -0.1) is 0 Å². The molecule has 1 saturated heterocycles. The van der Waals surface area contributed by atoms with E-state index in [1.54, 1.807) is 0 Å². The fraction of sp³-hybridized carbons (Fsp3) is 0.300. The monoisotopic (exact) mass is 291 g/mol. The number of morpholine rings is 1. The minimum Gasteiger partial charge on any atom is -0.362 e. The van der Waals surface area contributed by atoms with Crippen LogP contribution >= 0.6 is 15.9 Å². The molecular formula is C10H8BrF2NO2. The van der Waals surface area contributed by atoms with E-state index in [0.29, 0.717) is 10.0 Å². The van der Waals surface area contributed by atoms with Crippen molar-refractivity contribution in [1.29, 1.82) is 0 Å². The average Bonchev–Trinajstić information content (AvgIpc) is 2.25. The van der Waals surface area contributed by atoms with Gasteiger partial charge in [-0.05, 0) is 17.7 Å². The quantitative estimate of drug-likeness (QED) is 0.803. The normalized spacial score (nSPS) is 20.7. The number of amides is 1. The van der Waals surface area contributed by atoms with E-state index in [1.807, 2.05) is 0 Å². The van der Waals surface area contributed by atoms with E-state index in [2.05, 4.69) is 21.2 Å². The summed E-state index contributed by atoms with van der Waals surface area (Å²) in [6, 6.07) is 2.12. The zero-order chi connectivity index (χ0) is 11.7. The predicted octanol–water partition coefficient (Wildman–Crippen LogP) is 1.91. The third-order valence-electron chi connectivity index (χ3n) is 2.29. The Kier molecular flexibility index (Phi) is 3.20. The molecule has 0 spiro atoms. The van der Waals surface area contributed by atoms with Gasteiger partial charge in [-0.1, -0.05) is 15.9 Å². The summed E-state index contributed by atoms with van der Waals surface area (Å²) >= 11 is 3.13. The van der Waals surface area contributed by atoms with Crippen LogP contribution in [0.25, 0.3) is 0 Å². The van der Waals surface area contributed by atoms with Crippen molar-refractivity contribution in [3.8, 4) is 0 Å². The fourth-order valence-corrected chi connectivity index (χ4v) is 2.05. The zero-order valence-electron chi connectivity index (χ0n) is 8.10. The first kappa shape index (κ1) is 11.5. The van der Waals surface area contributed by atoms with Crippen LogP contribution in [0.15, 0.2) is 16.6 Å². The van der Waals surface area contributed by atoms with Crippen molar-refractivity contribution >= 4 is 21.8 Å². The van der Waals surface area contributed by atoms with E-state index in [-0.39, 0.29) is 19.1 Å². The Morgan fingerprint density at radius 2 is 2.06 bits per heavy atom. The van der Waals surface area contributed by atoms with Crippen LogP contribution in [0.2, 0.25) is 0 Å². The minimum absolute atomic E-state index is 0.0733. The molecule has 0 aromatic heterocycles. The van der Waals surface area contributed by atoms with E-state index >= 15 is 0 Å². The van der Waals surface area contributed by atoms with Gasteiger partial charge in [-0.3, -0.25) is 4.79 Å². The minimum atomic E-state index is -0.932. The molecule has 2 rings (SSSR count). The first-order valence-corrected chi connectivity index (χ1v) is 5.40. The summed E-state index contributed by atoms with van der Waals surface area (Å²) in [5.41, 5.74) is 0.485. The lowest BCUT2D eigenvalue weighted by molar-refractivity contribution is -0.133. The van der Waals surface area contributed by atoms with Crippen LogP contribution in [0.4, 0.5) is 8.78 Å². The molecule has 3 nitrogen and oxygen atoms in total. The van der Waals surface area contributed by atoms with Gasteiger partial charge in [-0.2, -0.15) is 0 Å². The van der Waals surface area contributed by atoms with Crippen molar-refractivity contribution in [3.63, 3.8) is 0 Å². The van der Waals surface area contributed by atoms with E-state index in [9.17, 15) is 13.6 Å². The van der Waals surface area contributed by atoms with Gasteiger partial charge in [0.2, 0.25) is 5.91 Å². The van der Waals surface area contributed by atoms with Gasteiger partial charge in [-0.25, -0.2) is 8.78 Å². The first-order chi connectivity index (χ1) is 7.58. The maximum Gasteiger partial charge on any atom is 0.246 e. The predicted molar refractivity (Wildman–Crippen MR) is 55.8 cm³/mol.